The van der Waals surface area contributed by atoms with E-state index in [0.29, 0.717) is 0 Å². The van der Waals surface area contributed by atoms with Gasteiger partial charge in [-0.2, -0.15) is 0 Å². The molecule has 0 saturated heterocycles. The molecule has 0 bridgehead atoms. The first kappa shape index (κ1) is 36.8. The van der Waals surface area contributed by atoms with Crippen LogP contribution in [0.5, 0.6) is 0 Å². The van der Waals surface area contributed by atoms with Crippen LogP contribution in [0.15, 0.2) is 255 Å². The van der Waals surface area contributed by atoms with E-state index < -0.39 is 0 Å². The zero-order chi connectivity index (χ0) is 41.2. The molecule has 0 atom stereocenters. The molecule has 0 saturated carbocycles. The van der Waals surface area contributed by atoms with Gasteiger partial charge in [0.1, 0.15) is 0 Å². The maximum Gasteiger partial charge on any atom is 0.0541 e. The van der Waals surface area contributed by atoms with Gasteiger partial charge in [0.05, 0.1) is 11.0 Å². The number of hydrogen-bond acceptors (Lipinski definition) is 1. The second-order valence-electron chi connectivity index (χ2n) is 15.8. The van der Waals surface area contributed by atoms with Crippen LogP contribution in [0.3, 0.4) is 0 Å². The van der Waals surface area contributed by atoms with Crippen LogP contribution in [0.25, 0.3) is 83.1 Å². The van der Waals surface area contributed by atoms with E-state index in [1.807, 2.05) is 0 Å². The molecule has 10 aromatic carbocycles. The third kappa shape index (κ3) is 7.04. The Bertz CT molecular complexity index is 3180. The SMILES string of the molecule is c1ccc(-c2ccc(N(c3ccc(-c4ccccc4)cc3)c3ccc(-c4ccc(-c5ccc(-n6c7ccccc7c7cc(-c8ccccc8)ccc76)cc5)cc4)cc3)cc2)cc1. The molecule has 0 fully saturated rings. The first-order chi connectivity index (χ1) is 30.7. The Morgan fingerprint density at radius 3 is 0.968 bits per heavy atom. The van der Waals surface area contributed by atoms with Crippen molar-refractivity contribution in [2.75, 3.05) is 4.90 Å². The van der Waals surface area contributed by atoms with E-state index in [1.165, 1.54) is 77.4 Å². The maximum atomic E-state index is 2.39. The van der Waals surface area contributed by atoms with Gasteiger partial charge in [-0.1, -0.05) is 188 Å². The summed E-state index contributed by atoms with van der Waals surface area (Å²) in [5, 5.41) is 2.52. The van der Waals surface area contributed by atoms with Crippen LogP contribution >= 0.6 is 0 Å². The topological polar surface area (TPSA) is 8.17 Å². The molecule has 11 aromatic rings. The van der Waals surface area contributed by atoms with Crippen LogP contribution < -0.4 is 4.90 Å². The molecule has 1 heterocycles. The lowest BCUT2D eigenvalue weighted by Gasteiger charge is -2.26. The van der Waals surface area contributed by atoms with Gasteiger partial charge in [0.15, 0.2) is 0 Å². The van der Waals surface area contributed by atoms with Crippen molar-refractivity contribution in [3.8, 4) is 61.3 Å². The number of rotatable bonds is 9. The van der Waals surface area contributed by atoms with E-state index in [0.717, 1.165) is 22.7 Å². The van der Waals surface area contributed by atoms with Gasteiger partial charge in [-0.05, 0) is 122 Å². The largest absolute Gasteiger partial charge is 0.311 e. The van der Waals surface area contributed by atoms with Crippen LogP contribution in [0.1, 0.15) is 0 Å². The highest BCUT2D eigenvalue weighted by Gasteiger charge is 2.16. The Morgan fingerprint density at radius 2 is 0.532 bits per heavy atom. The van der Waals surface area contributed by atoms with Gasteiger partial charge in [0, 0.05) is 33.5 Å². The molecule has 0 radical (unpaired) electrons. The molecule has 2 nitrogen and oxygen atoms in total. The van der Waals surface area contributed by atoms with Crippen LogP contribution in [-0.4, -0.2) is 4.57 Å². The molecule has 1 aromatic heterocycles. The summed E-state index contributed by atoms with van der Waals surface area (Å²) in [6.45, 7) is 0. The summed E-state index contributed by atoms with van der Waals surface area (Å²) in [5.74, 6) is 0. The Labute approximate surface area is 362 Å². The molecular formula is C60H42N2. The van der Waals surface area contributed by atoms with Crippen molar-refractivity contribution in [3.05, 3.63) is 255 Å². The Morgan fingerprint density at radius 1 is 0.226 bits per heavy atom. The van der Waals surface area contributed by atoms with E-state index in [9.17, 15) is 0 Å². The zero-order valence-electron chi connectivity index (χ0n) is 34.1. The predicted molar refractivity (Wildman–Crippen MR) is 263 cm³/mol. The minimum atomic E-state index is 1.10. The van der Waals surface area contributed by atoms with Crippen molar-refractivity contribution >= 4 is 38.9 Å². The molecule has 0 spiro atoms. The summed E-state index contributed by atoms with van der Waals surface area (Å²) in [6, 6.07) is 91.9. The molecule has 0 unspecified atom stereocenters. The van der Waals surface area contributed by atoms with Crippen molar-refractivity contribution in [1.29, 1.82) is 0 Å². The number of benzene rings is 10. The summed E-state index contributed by atoms with van der Waals surface area (Å²) in [7, 11) is 0. The van der Waals surface area contributed by atoms with Gasteiger partial charge in [0.2, 0.25) is 0 Å². The summed E-state index contributed by atoms with van der Waals surface area (Å²) in [6.07, 6.45) is 0. The number of aromatic nitrogens is 1. The average Bonchev–Trinajstić information content (AvgIpc) is 3.69. The Kier molecular flexibility index (Phi) is 9.57. The quantitative estimate of drug-likeness (QED) is 0.141. The normalized spacial score (nSPS) is 11.2. The molecule has 0 aliphatic rings. The molecule has 62 heavy (non-hydrogen) atoms. The Hall–Kier alpha value is -8.20. The third-order valence-electron chi connectivity index (χ3n) is 12.0. The smallest absolute Gasteiger partial charge is 0.0541 e. The molecule has 0 amide bonds. The van der Waals surface area contributed by atoms with Gasteiger partial charge < -0.3 is 9.47 Å². The van der Waals surface area contributed by atoms with E-state index >= 15 is 0 Å². The van der Waals surface area contributed by atoms with Gasteiger partial charge in [-0.3, -0.25) is 0 Å². The van der Waals surface area contributed by atoms with Crippen molar-refractivity contribution in [2.24, 2.45) is 0 Å². The third-order valence-corrected chi connectivity index (χ3v) is 12.0. The lowest BCUT2D eigenvalue weighted by Crippen LogP contribution is -2.09. The molecule has 0 N–H and O–H groups in total. The van der Waals surface area contributed by atoms with E-state index in [1.54, 1.807) is 0 Å². The summed E-state index contributed by atoms with van der Waals surface area (Å²) in [5.41, 5.74) is 18.9. The lowest BCUT2D eigenvalue weighted by atomic mass is 9.99. The fourth-order valence-electron chi connectivity index (χ4n) is 8.84. The highest BCUT2D eigenvalue weighted by atomic mass is 15.1. The van der Waals surface area contributed by atoms with Crippen molar-refractivity contribution in [3.63, 3.8) is 0 Å². The standard InChI is InChI=1S/C60H42N2/c1-4-12-43(13-5-1)48-24-33-53(34-25-48)61(54-35-26-49(27-36-54)44-14-6-2-7-15-44)55-37-28-50(29-38-55)46-20-22-47(23-21-46)51-30-39-56(40-31-51)62-59-19-11-10-18-57(59)58-42-52(32-41-60(58)62)45-16-8-3-9-17-45/h1-42H. The van der Waals surface area contributed by atoms with Crippen LogP contribution in [0, 0.1) is 0 Å². The molecule has 11 rings (SSSR count). The van der Waals surface area contributed by atoms with Crippen molar-refractivity contribution < 1.29 is 0 Å². The van der Waals surface area contributed by atoms with Crippen molar-refractivity contribution in [2.45, 2.75) is 0 Å². The highest BCUT2D eigenvalue weighted by molar-refractivity contribution is 6.10. The monoisotopic (exact) mass is 790 g/mol. The fraction of sp³-hybridized carbons (Fsp3) is 0. The summed E-state index contributed by atoms with van der Waals surface area (Å²) >= 11 is 0. The summed E-state index contributed by atoms with van der Waals surface area (Å²) in [4.78, 5) is 2.33. The first-order valence-electron chi connectivity index (χ1n) is 21.2. The van der Waals surface area contributed by atoms with Crippen LogP contribution in [-0.2, 0) is 0 Å². The predicted octanol–water partition coefficient (Wildman–Crippen LogP) is 16.6. The van der Waals surface area contributed by atoms with Gasteiger partial charge in [-0.25, -0.2) is 0 Å². The van der Waals surface area contributed by atoms with E-state index in [4.69, 9.17) is 0 Å². The van der Waals surface area contributed by atoms with E-state index in [2.05, 4.69) is 264 Å². The fourth-order valence-corrected chi connectivity index (χ4v) is 8.84. The number of para-hydroxylation sites is 1. The molecule has 0 aliphatic carbocycles. The number of fused-ring (bicyclic) bond motifs is 3. The summed E-state index contributed by atoms with van der Waals surface area (Å²) < 4.78 is 2.39. The second-order valence-corrected chi connectivity index (χ2v) is 15.8. The zero-order valence-corrected chi connectivity index (χ0v) is 34.1. The second kappa shape index (κ2) is 16.1. The van der Waals surface area contributed by atoms with E-state index in [-0.39, 0.29) is 0 Å². The number of nitrogens with zero attached hydrogens (tertiary/aromatic N) is 2. The van der Waals surface area contributed by atoms with Gasteiger partial charge in [-0.15, -0.1) is 0 Å². The van der Waals surface area contributed by atoms with Crippen LogP contribution in [0.4, 0.5) is 17.1 Å². The van der Waals surface area contributed by atoms with Gasteiger partial charge >= 0.3 is 0 Å². The highest BCUT2D eigenvalue weighted by Crippen LogP contribution is 2.39. The molecule has 0 aliphatic heterocycles. The molecule has 292 valence electrons. The number of anilines is 3. The van der Waals surface area contributed by atoms with Crippen molar-refractivity contribution in [1.82, 2.24) is 4.57 Å². The molecule has 2 heteroatoms. The number of hydrogen-bond donors (Lipinski definition) is 0. The average molecular weight is 791 g/mol. The minimum Gasteiger partial charge on any atom is -0.311 e. The van der Waals surface area contributed by atoms with Gasteiger partial charge in [0.25, 0.3) is 0 Å². The lowest BCUT2D eigenvalue weighted by molar-refractivity contribution is 1.18. The first-order valence-corrected chi connectivity index (χ1v) is 21.2. The Balaban J connectivity index is 0.864. The minimum absolute atomic E-state index is 1.10. The van der Waals surface area contributed by atoms with Crippen LogP contribution in [0.2, 0.25) is 0 Å². The maximum absolute atomic E-state index is 2.39. The molecular weight excluding hydrogens is 749 g/mol.